The molecule has 1 aliphatic heterocycles. The summed E-state index contributed by atoms with van der Waals surface area (Å²) in [5.41, 5.74) is 1.33. The Balaban J connectivity index is 1.70. The molecule has 4 rings (SSSR count). The van der Waals surface area contributed by atoms with E-state index in [1.807, 2.05) is 41.1 Å². The van der Waals surface area contributed by atoms with Crippen LogP contribution in [0.3, 0.4) is 0 Å². The Kier molecular flexibility index (Phi) is 5.84. The van der Waals surface area contributed by atoms with Gasteiger partial charge in [-0.1, -0.05) is 30.3 Å². The number of aliphatic hydroxyl groups excluding tert-OH is 1. The van der Waals surface area contributed by atoms with Crippen molar-refractivity contribution in [3.05, 3.63) is 90.0 Å². The van der Waals surface area contributed by atoms with E-state index >= 15 is 0 Å². The molecular weight excluding hydrogens is 394 g/mol. The van der Waals surface area contributed by atoms with Crippen molar-refractivity contribution in [2.75, 3.05) is 13.7 Å². The lowest BCUT2D eigenvalue weighted by Crippen LogP contribution is -2.31. The molecule has 0 spiro atoms. The number of benzene rings is 2. The third kappa shape index (κ3) is 4.07. The van der Waals surface area contributed by atoms with Crippen molar-refractivity contribution in [1.29, 1.82) is 0 Å². The summed E-state index contributed by atoms with van der Waals surface area (Å²) < 4.78 is 7.08. The maximum atomic E-state index is 13.0. The molecule has 1 atom stereocenters. The van der Waals surface area contributed by atoms with Gasteiger partial charge in [-0.2, -0.15) is 0 Å². The van der Waals surface area contributed by atoms with Gasteiger partial charge in [0.2, 0.25) is 0 Å². The van der Waals surface area contributed by atoms with E-state index < -0.39 is 17.7 Å². The maximum Gasteiger partial charge on any atom is 0.295 e. The van der Waals surface area contributed by atoms with E-state index in [0.717, 1.165) is 5.56 Å². The molecule has 2 aromatic carbocycles. The Morgan fingerprint density at radius 1 is 1.06 bits per heavy atom. The molecule has 1 N–H and O–H groups in total. The number of likely N-dealkylation sites (tertiary alicyclic amines) is 1. The molecule has 3 aromatic rings. The van der Waals surface area contributed by atoms with E-state index in [2.05, 4.69) is 4.98 Å². The number of carbonyl (C=O) groups is 2. The molecule has 0 bridgehead atoms. The van der Waals surface area contributed by atoms with Crippen LogP contribution < -0.4 is 4.74 Å². The summed E-state index contributed by atoms with van der Waals surface area (Å²) in [6, 6.07) is 15.4. The first-order valence-corrected chi connectivity index (χ1v) is 10.0. The standard InChI is InChI=1S/C24H23N3O4/c1-31-19-10-8-18(9-11-19)22(28)20-21(17-6-3-2-4-7-17)27(24(30)23(20)29)14-5-13-26-15-12-25-16-26/h2-4,6-12,15-16,21,28H,5,13-14H2,1H3/t21-/m1/s1. The molecule has 31 heavy (non-hydrogen) atoms. The van der Waals surface area contributed by atoms with Gasteiger partial charge in [0.25, 0.3) is 11.7 Å². The first kappa shape index (κ1) is 20.4. The molecule has 1 saturated heterocycles. The predicted molar refractivity (Wildman–Crippen MR) is 115 cm³/mol. The van der Waals surface area contributed by atoms with Gasteiger partial charge in [-0.05, 0) is 36.2 Å². The molecule has 1 fully saturated rings. The second kappa shape index (κ2) is 8.87. The average Bonchev–Trinajstić information content (AvgIpc) is 3.41. The number of aryl methyl sites for hydroxylation is 1. The zero-order valence-corrected chi connectivity index (χ0v) is 17.1. The number of aromatic nitrogens is 2. The van der Waals surface area contributed by atoms with Crippen molar-refractivity contribution in [3.63, 3.8) is 0 Å². The van der Waals surface area contributed by atoms with Gasteiger partial charge < -0.3 is 19.3 Å². The van der Waals surface area contributed by atoms with Gasteiger partial charge >= 0.3 is 0 Å². The second-order valence-corrected chi connectivity index (χ2v) is 7.29. The van der Waals surface area contributed by atoms with Crippen molar-refractivity contribution < 1.29 is 19.4 Å². The monoisotopic (exact) mass is 417 g/mol. The van der Waals surface area contributed by atoms with Crippen LogP contribution in [0.1, 0.15) is 23.6 Å². The number of aliphatic hydroxyl groups is 1. The minimum atomic E-state index is -0.676. The number of amides is 1. The average molecular weight is 417 g/mol. The molecule has 0 radical (unpaired) electrons. The number of hydrogen-bond donors (Lipinski definition) is 1. The smallest absolute Gasteiger partial charge is 0.295 e. The number of nitrogens with zero attached hydrogens (tertiary/aromatic N) is 3. The highest BCUT2D eigenvalue weighted by Crippen LogP contribution is 2.39. The molecule has 7 heteroatoms. The van der Waals surface area contributed by atoms with E-state index in [1.165, 1.54) is 0 Å². The van der Waals surface area contributed by atoms with Crippen LogP contribution >= 0.6 is 0 Å². The van der Waals surface area contributed by atoms with Gasteiger partial charge in [0.05, 0.1) is 25.1 Å². The molecular formula is C24H23N3O4. The summed E-state index contributed by atoms with van der Waals surface area (Å²) in [6.07, 6.45) is 5.92. The summed E-state index contributed by atoms with van der Waals surface area (Å²) in [4.78, 5) is 31.5. The molecule has 0 saturated carbocycles. The molecule has 7 nitrogen and oxygen atoms in total. The number of ketones is 1. The minimum Gasteiger partial charge on any atom is -0.507 e. The normalized spacial score (nSPS) is 17.8. The third-order valence-corrected chi connectivity index (χ3v) is 5.39. The van der Waals surface area contributed by atoms with Crippen molar-refractivity contribution in [2.45, 2.75) is 19.0 Å². The van der Waals surface area contributed by atoms with Crippen molar-refractivity contribution >= 4 is 17.4 Å². The van der Waals surface area contributed by atoms with Crippen molar-refractivity contribution in [2.24, 2.45) is 0 Å². The van der Waals surface area contributed by atoms with Gasteiger partial charge in [0, 0.05) is 31.0 Å². The molecule has 2 heterocycles. The lowest BCUT2D eigenvalue weighted by Gasteiger charge is -2.25. The van der Waals surface area contributed by atoms with Crippen LogP contribution in [0, 0.1) is 0 Å². The molecule has 1 aromatic heterocycles. The Morgan fingerprint density at radius 2 is 1.81 bits per heavy atom. The number of carbonyl (C=O) groups excluding carboxylic acids is 2. The molecule has 158 valence electrons. The highest BCUT2D eigenvalue weighted by atomic mass is 16.5. The van der Waals surface area contributed by atoms with E-state index in [4.69, 9.17) is 4.74 Å². The Hall–Kier alpha value is -3.87. The minimum absolute atomic E-state index is 0.101. The number of rotatable bonds is 7. The van der Waals surface area contributed by atoms with Crippen LogP contribution in [-0.2, 0) is 16.1 Å². The molecule has 0 unspecified atom stereocenters. The SMILES string of the molecule is COc1ccc(C(O)=C2C(=O)C(=O)N(CCCn3ccnc3)[C@@H]2c2ccccc2)cc1. The summed E-state index contributed by atoms with van der Waals surface area (Å²) in [6.45, 7) is 1.05. The van der Waals surface area contributed by atoms with E-state index in [-0.39, 0.29) is 11.3 Å². The van der Waals surface area contributed by atoms with Gasteiger partial charge in [0.1, 0.15) is 11.5 Å². The summed E-state index contributed by atoms with van der Waals surface area (Å²) in [5, 5.41) is 11.0. The highest BCUT2D eigenvalue weighted by Gasteiger charge is 2.45. The second-order valence-electron chi connectivity index (χ2n) is 7.29. The van der Waals surface area contributed by atoms with Crippen molar-refractivity contribution in [3.8, 4) is 5.75 Å². The zero-order chi connectivity index (χ0) is 21.8. The molecule has 1 aliphatic rings. The quantitative estimate of drug-likeness (QED) is 0.362. The van der Waals surface area contributed by atoms with Crippen LogP contribution in [0.15, 0.2) is 78.9 Å². The number of Topliss-reactive ketones (excluding diaryl/α,β-unsaturated/α-hetero) is 1. The van der Waals surface area contributed by atoms with Crippen LogP contribution in [0.5, 0.6) is 5.75 Å². The van der Waals surface area contributed by atoms with Gasteiger partial charge in [0.15, 0.2) is 0 Å². The number of methoxy groups -OCH3 is 1. The summed E-state index contributed by atoms with van der Waals surface area (Å²) in [5.74, 6) is -0.831. The topological polar surface area (TPSA) is 84.7 Å². The summed E-state index contributed by atoms with van der Waals surface area (Å²) in [7, 11) is 1.56. The fourth-order valence-corrected chi connectivity index (χ4v) is 3.84. The fraction of sp³-hybridized carbons (Fsp3) is 0.208. The Labute approximate surface area is 180 Å². The Morgan fingerprint density at radius 3 is 2.45 bits per heavy atom. The van der Waals surface area contributed by atoms with Gasteiger partial charge in [-0.25, -0.2) is 4.98 Å². The van der Waals surface area contributed by atoms with Crippen LogP contribution in [0.25, 0.3) is 5.76 Å². The lowest BCUT2D eigenvalue weighted by atomic mass is 9.95. The van der Waals surface area contributed by atoms with E-state index in [1.54, 1.807) is 48.8 Å². The summed E-state index contributed by atoms with van der Waals surface area (Å²) >= 11 is 0. The third-order valence-electron chi connectivity index (χ3n) is 5.39. The lowest BCUT2D eigenvalue weighted by molar-refractivity contribution is -0.139. The van der Waals surface area contributed by atoms with Gasteiger partial charge in [-0.15, -0.1) is 0 Å². The maximum absolute atomic E-state index is 13.0. The first-order valence-electron chi connectivity index (χ1n) is 10.0. The number of imidazole rings is 1. The number of ether oxygens (including phenoxy) is 1. The highest BCUT2D eigenvalue weighted by molar-refractivity contribution is 6.46. The Bertz CT molecular complexity index is 1090. The van der Waals surface area contributed by atoms with Crippen molar-refractivity contribution in [1.82, 2.24) is 14.5 Å². The number of hydrogen-bond acceptors (Lipinski definition) is 5. The predicted octanol–water partition coefficient (Wildman–Crippen LogP) is 3.40. The molecule has 0 aliphatic carbocycles. The van der Waals surface area contributed by atoms with Crippen LogP contribution in [0.2, 0.25) is 0 Å². The zero-order valence-electron chi connectivity index (χ0n) is 17.1. The van der Waals surface area contributed by atoms with Crippen LogP contribution in [-0.4, -0.2) is 44.9 Å². The van der Waals surface area contributed by atoms with E-state index in [9.17, 15) is 14.7 Å². The van der Waals surface area contributed by atoms with Gasteiger partial charge in [-0.3, -0.25) is 9.59 Å². The molecule has 1 amide bonds. The van der Waals surface area contributed by atoms with Crippen LogP contribution in [0.4, 0.5) is 0 Å². The first-order chi connectivity index (χ1) is 15.1. The largest absolute Gasteiger partial charge is 0.507 e. The fourth-order valence-electron chi connectivity index (χ4n) is 3.84. The van der Waals surface area contributed by atoms with E-state index in [0.29, 0.717) is 30.8 Å².